The molecule has 0 saturated heterocycles. The molecule has 0 bridgehead atoms. The summed E-state index contributed by atoms with van der Waals surface area (Å²) in [6.45, 7) is 3.67. The molecule has 0 saturated carbocycles. The largest absolute Gasteiger partial charge is 0.480 e. The lowest BCUT2D eigenvalue weighted by Gasteiger charge is -1.98. The van der Waals surface area contributed by atoms with E-state index < -0.39 is 5.97 Å². The number of nitrogens with one attached hydrogen (secondary N) is 1. The molecule has 0 fully saturated rings. The molecule has 0 unspecified atom stereocenters. The minimum Gasteiger partial charge on any atom is -0.480 e. The summed E-state index contributed by atoms with van der Waals surface area (Å²) in [6.07, 6.45) is 3.63. The van der Waals surface area contributed by atoms with E-state index in [1.165, 1.54) is 6.20 Å². The molecule has 0 atom stereocenters. The summed E-state index contributed by atoms with van der Waals surface area (Å²) in [5.41, 5.74) is 0.102. The third-order valence-electron chi connectivity index (χ3n) is 1.70. The number of hydrogen-bond acceptors (Lipinski definition) is 4. The minimum absolute atomic E-state index is 0.102. The first-order valence-electron chi connectivity index (χ1n) is 4.64. The highest BCUT2D eigenvalue weighted by Gasteiger charge is 2.10. The number of aliphatic carboxylic acids is 1. The van der Waals surface area contributed by atoms with Gasteiger partial charge in [-0.15, -0.1) is 11.7 Å². The van der Waals surface area contributed by atoms with Gasteiger partial charge in [-0.05, 0) is 6.42 Å². The third-order valence-corrected chi connectivity index (χ3v) is 1.70. The van der Waals surface area contributed by atoms with Crippen LogP contribution in [0.3, 0.4) is 0 Å². The van der Waals surface area contributed by atoms with Crippen molar-refractivity contribution in [2.75, 3.05) is 6.54 Å². The van der Waals surface area contributed by atoms with Gasteiger partial charge in [-0.25, -0.2) is 4.68 Å². The van der Waals surface area contributed by atoms with Crippen LogP contribution < -0.4 is 5.32 Å². The first kappa shape index (κ1) is 11.9. The quantitative estimate of drug-likeness (QED) is 0.509. The van der Waals surface area contributed by atoms with Crippen LogP contribution in [0.15, 0.2) is 18.9 Å². The Hall–Kier alpha value is -2.18. The number of amides is 1. The Morgan fingerprint density at radius 2 is 2.38 bits per heavy atom. The molecule has 1 aromatic heterocycles. The summed E-state index contributed by atoms with van der Waals surface area (Å²) in [5.74, 6) is -1.41. The summed E-state index contributed by atoms with van der Waals surface area (Å²) < 4.78 is 1.09. The van der Waals surface area contributed by atoms with Gasteiger partial charge in [0.25, 0.3) is 5.91 Å². The Balaban J connectivity index is 2.52. The van der Waals surface area contributed by atoms with Crippen LogP contribution in [-0.2, 0) is 11.3 Å². The van der Waals surface area contributed by atoms with E-state index in [0.29, 0.717) is 13.0 Å². The van der Waals surface area contributed by atoms with E-state index in [1.54, 1.807) is 6.08 Å². The number of carboxylic acids is 1. The fourth-order valence-corrected chi connectivity index (χ4v) is 0.997. The lowest BCUT2D eigenvalue weighted by atomic mass is 10.4. The van der Waals surface area contributed by atoms with Crippen molar-refractivity contribution in [3.05, 3.63) is 24.5 Å². The first-order chi connectivity index (χ1) is 7.63. The molecule has 86 valence electrons. The number of carbonyl (C=O) groups is 2. The molecular weight excluding hydrogens is 212 g/mol. The zero-order valence-corrected chi connectivity index (χ0v) is 8.59. The normalized spacial score (nSPS) is 9.75. The topological polar surface area (TPSA) is 97.1 Å². The van der Waals surface area contributed by atoms with E-state index in [-0.39, 0.29) is 18.1 Å². The molecule has 0 aromatic carbocycles. The van der Waals surface area contributed by atoms with Crippen molar-refractivity contribution < 1.29 is 14.7 Å². The van der Waals surface area contributed by atoms with Gasteiger partial charge in [-0.3, -0.25) is 9.59 Å². The molecule has 16 heavy (non-hydrogen) atoms. The second kappa shape index (κ2) is 5.64. The molecule has 0 aliphatic rings. The van der Waals surface area contributed by atoms with Crippen molar-refractivity contribution in [3.63, 3.8) is 0 Å². The van der Waals surface area contributed by atoms with Gasteiger partial charge in [-0.2, -0.15) is 0 Å². The fourth-order valence-electron chi connectivity index (χ4n) is 0.997. The van der Waals surface area contributed by atoms with Crippen LogP contribution in [0.2, 0.25) is 0 Å². The summed E-state index contributed by atoms with van der Waals surface area (Å²) >= 11 is 0. The molecule has 1 rings (SSSR count). The van der Waals surface area contributed by atoms with E-state index in [9.17, 15) is 9.59 Å². The molecule has 2 N–H and O–H groups in total. The van der Waals surface area contributed by atoms with Gasteiger partial charge in [0.2, 0.25) is 0 Å². The van der Waals surface area contributed by atoms with Crippen LogP contribution >= 0.6 is 0 Å². The van der Waals surface area contributed by atoms with E-state index in [0.717, 1.165) is 4.68 Å². The van der Waals surface area contributed by atoms with Crippen LogP contribution in [0, 0.1) is 0 Å². The van der Waals surface area contributed by atoms with Crippen molar-refractivity contribution in [3.8, 4) is 0 Å². The lowest BCUT2D eigenvalue weighted by molar-refractivity contribution is -0.137. The van der Waals surface area contributed by atoms with Crippen LogP contribution in [0.1, 0.15) is 16.9 Å². The molecule has 0 aliphatic carbocycles. The number of carbonyl (C=O) groups excluding carboxylic acids is 1. The van der Waals surface area contributed by atoms with Crippen molar-refractivity contribution in [2.24, 2.45) is 0 Å². The average Bonchev–Trinajstić information content (AvgIpc) is 2.65. The monoisotopic (exact) mass is 224 g/mol. The van der Waals surface area contributed by atoms with Gasteiger partial charge in [0.15, 0.2) is 5.69 Å². The van der Waals surface area contributed by atoms with Gasteiger partial charge >= 0.3 is 5.97 Å². The van der Waals surface area contributed by atoms with E-state index in [1.807, 2.05) is 0 Å². The summed E-state index contributed by atoms with van der Waals surface area (Å²) in [7, 11) is 0. The molecule has 0 aliphatic heterocycles. The molecule has 1 amide bonds. The van der Waals surface area contributed by atoms with E-state index in [4.69, 9.17) is 5.11 Å². The van der Waals surface area contributed by atoms with Crippen LogP contribution in [0.5, 0.6) is 0 Å². The number of aromatic nitrogens is 3. The summed E-state index contributed by atoms with van der Waals surface area (Å²) in [4.78, 5) is 21.8. The van der Waals surface area contributed by atoms with Gasteiger partial charge in [0, 0.05) is 6.54 Å². The standard InChI is InChI=1S/C9H12N4O3/c1-2-3-4-10-9(16)7-5-13(12-11-7)6-8(14)15/h2,5H,1,3-4,6H2,(H,10,16)(H,14,15). The minimum atomic E-state index is -1.04. The maximum absolute atomic E-state index is 11.4. The highest BCUT2D eigenvalue weighted by molar-refractivity contribution is 5.91. The highest BCUT2D eigenvalue weighted by atomic mass is 16.4. The van der Waals surface area contributed by atoms with E-state index in [2.05, 4.69) is 22.2 Å². The number of carboxylic acid groups (broad SMARTS) is 1. The Bertz CT molecular complexity index is 399. The Morgan fingerprint density at radius 3 is 3.00 bits per heavy atom. The van der Waals surface area contributed by atoms with Crippen molar-refractivity contribution >= 4 is 11.9 Å². The highest BCUT2D eigenvalue weighted by Crippen LogP contribution is 1.93. The van der Waals surface area contributed by atoms with Gasteiger partial charge in [-0.1, -0.05) is 11.3 Å². The Morgan fingerprint density at radius 1 is 1.62 bits per heavy atom. The molecule has 1 heterocycles. The predicted molar refractivity (Wildman–Crippen MR) is 54.8 cm³/mol. The maximum Gasteiger partial charge on any atom is 0.325 e. The third kappa shape index (κ3) is 3.52. The van der Waals surface area contributed by atoms with Crippen LogP contribution in [-0.4, -0.2) is 38.5 Å². The van der Waals surface area contributed by atoms with Crippen LogP contribution in [0.4, 0.5) is 0 Å². The van der Waals surface area contributed by atoms with Crippen molar-refractivity contribution in [2.45, 2.75) is 13.0 Å². The van der Waals surface area contributed by atoms with Gasteiger partial charge < -0.3 is 10.4 Å². The first-order valence-corrected chi connectivity index (χ1v) is 4.64. The lowest BCUT2D eigenvalue weighted by Crippen LogP contribution is -2.24. The predicted octanol–water partition coefficient (Wildman–Crippen LogP) is -0.331. The van der Waals surface area contributed by atoms with Crippen LogP contribution in [0.25, 0.3) is 0 Å². The number of rotatable bonds is 6. The SMILES string of the molecule is C=CCCNC(=O)c1cn(CC(=O)O)nn1. The molecule has 0 spiro atoms. The maximum atomic E-state index is 11.4. The molecule has 1 aromatic rings. The van der Waals surface area contributed by atoms with E-state index >= 15 is 0 Å². The number of hydrogen-bond donors (Lipinski definition) is 2. The summed E-state index contributed by atoms with van der Waals surface area (Å²) in [6, 6.07) is 0. The van der Waals surface area contributed by atoms with Gasteiger partial charge in [0.1, 0.15) is 6.54 Å². The summed E-state index contributed by atoms with van der Waals surface area (Å²) in [5, 5.41) is 18.2. The Kier molecular flexibility index (Phi) is 4.19. The Labute approximate surface area is 91.8 Å². The number of nitrogens with zero attached hydrogens (tertiary/aromatic N) is 3. The smallest absolute Gasteiger partial charge is 0.325 e. The second-order valence-electron chi connectivity index (χ2n) is 3.03. The molecule has 7 heteroatoms. The zero-order chi connectivity index (χ0) is 12.0. The average molecular weight is 224 g/mol. The fraction of sp³-hybridized carbons (Fsp3) is 0.333. The zero-order valence-electron chi connectivity index (χ0n) is 8.59. The van der Waals surface area contributed by atoms with Gasteiger partial charge in [0.05, 0.1) is 6.20 Å². The second-order valence-corrected chi connectivity index (χ2v) is 3.03. The van der Waals surface area contributed by atoms with Crippen molar-refractivity contribution in [1.29, 1.82) is 0 Å². The molecule has 0 radical (unpaired) electrons. The molecular formula is C9H12N4O3. The van der Waals surface area contributed by atoms with Crippen molar-refractivity contribution in [1.82, 2.24) is 20.3 Å². The molecule has 7 nitrogen and oxygen atoms in total.